The highest BCUT2D eigenvalue weighted by Gasteiger charge is 2.46. The Morgan fingerprint density at radius 3 is 2.56 bits per heavy atom. The monoisotopic (exact) mass is 246 g/mol. The molecule has 86 valence electrons. The zero-order valence-electron chi connectivity index (χ0n) is 8.01. The summed E-state index contributed by atoms with van der Waals surface area (Å²) in [4.78, 5) is 0. The maximum atomic E-state index is 11.1. The summed E-state index contributed by atoms with van der Waals surface area (Å²) < 4.78 is 41.3. The second kappa shape index (κ2) is 2.64. The molecule has 0 bridgehead atoms. The molecular weight excluding hydrogens is 240 g/mol. The van der Waals surface area contributed by atoms with E-state index in [1.807, 2.05) is 0 Å². The lowest BCUT2D eigenvalue weighted by Gasteiger charge is -2.04. The number of benzene rings is 1. The Labute approximate surface area is 90.4 Å². The van der Waals surface area contributed by atoms with E-state index in [2.05, 4.69) is 8.37 Å². The summed E-state index contributed by atoms with van der Waals surface area (Å²) in [6.07, 6.45) is 0. The van der Waals surface area contributed by atoms with Crippen LogP contribution in [0.5, 0.6) is 34.5 Å². The largest absolute Gasteiger partial charge is 0.501 e. The van der Waals surface area contributed by atoms with Crippen LogP contribution in [0.3, 0.4) is 0 Å². The number of phenols is 1. The fraction of sp³-hybridized carbons (Fsp3) is 0.250. The Kier molecular flexibility index (Phi) is 1.55. The Hall–Kier alpha value is -1.83. The van der Waals surface area contributed by atoms with Crippen LogP contribution in [0, 0.1) is 0 Å². The van der Waals surface area contributed by atoms with Gasteiger partial charge in [0.1, 0.15) is 0 Å². The molecule has 2 aliphatic heterocycles. The molecule has 0 aliphatic carbocycles. The van der Waals surface area contributed by atoms with Gasteiger partial charge in [0.25, 0.3) is 0 Å². The Morgan fingerprint density at radius 2 is 1.88 bits per heavy atom. The van der Waals surface area contributed by atoms with E-state index in [0.29, 0.717) is 0 Å². The molecular formula is C8H6O7S. The smallest absolute Gasteiger partial charge is 0.501 e. The molecule has 0 saturated carbocycles. The molecule has 2 heterocycles. The first-order valence-corrected chi connectivity index (χ1v) is 5.74. The van der Waals surface area contributed by atoms with Crippen LogP contribution in [0.1, 0.15) is 6.92 Å². The first-order valence-electron chi connectivity index (χ1n) is 4.41. The number of phenolic OH excluding ortho intramolecular Hbond substituents is 1. The van der Waals surface area contributed by atoms with Crippen LogP contribution in [0.4, 0.5) is 0 Å². The number of ether oxygens (including phenoxy) is 2. The number of hydrogen-bond acceptors (Lipinski definition) is 7. The highest BCUT2D eigenvalue weighted by Crippen LogP contribution is 2.68. The molecule has 0 amide bonds. The van der Waals surface area contributed by atoms with Crippen LogP contribution in [0.2, 0.25) is 0 Å². The topological polar surface area (TPSA) is 94.6 Å². The molecule has 0 fully saturated rings. The normalized spacial score (nSPS) is 17.6. The second-order valence-corrected chi connectivity index (χ2v) is 4.25. The second-order valence-electron chi connectivity index (χ2n) is 3.10. The van der Waals surface area contributed by atoms with Gasteiger partial charge >= 0.3 is 10.4 Å². The highest BCUT2D eigenvalue weighted by molar-refractivity contribution is 7.82. The SMILES string of the molecule is CCOc1c(O)c2c(c3c1OS(=O)(=O)O3)O2. The molecule has 0 atom stereocenters. The van der Waals surface area contributed by atoms with Crippen molar-refractivity contribution >= 4 is 10.4 Å². The van der Waals surface area contributed by atoms with E-state index in [-0.39, 0.29) is 41.1 Å². The summed E-state index contributed by atoms with van der Waals surface area (Å²) in [5.41, 5.74) is 0. The van der Waals surface area contributed by atoms with Gasteiger partial charge in [-0.3, -0.25) is 0 Å². The summed E-state index contributed by atoms with van der Waals surface area (Å²) in [6, 6.07) is 0. The number of rotatable bonds is 2. The van der Waals surface area contributed by atoms with Crippen molar-refractivity contribution in [3.63, 3.8) is 0 Å². The van der Waals surface area contributed by atoms with Crippen LogP contribution in [-0.2, 0) is 10.4 Å². The van der Waals surface area contributed by atoms with E-state index in [4.69, 9.17) is 9.47 Å². The van der Waals surface area contributed by atoms with Gasteiger partial charge in [0.05, 0.1) is 6.61 Å². The average Bonchev–Trinajstić information content (AvgIpc) is 2.92. The predicted octanol–water partition coefficient (Wildman–Crippen LogP) is 0.913. The summed E-state index contributed by atoms with van der Waals surface area (Å²) in [5.74, 6) is -0.294. The Balaban J connectivity index is 2.23. The molecule has 0 saturated heterocycles. The molecule has 8 heteroatoms. The van der Waals surface area contributed by atoms with E-state index < -0.39 is 10.4 Å². The first kappa shape index (κ1) is 9.40. The lowest BCUT2D eigenvalue weighted by Crippen LogP contribution is -2.08. The van der Waals surface area contributed by atoms with Gasteiger partial charge < -0.3 is 22.9 Å². The van der Waals surface area contributed by atoms with Gasteiger partial charge in [-0.1, -0.05) is 0 Å². The first-order chi connectivity index (χ1) is 7.53. The van der Waals surface area contributed by atoms with Crippen molar-refractivity contribution in [1.29, 1.82) is 0 Å². The zero-order chi connectivity index (χ0) is 11.5. The molecule has 16 heavy (non-hydrogen) atoms. The summed E-state index contributed by atoms with van der Waals surface area (Å²) >= 11 is 0. The Morgan fingerprint density at radius 1 is 1.19 bits per heavy atom. The third-order valence-corrected chi connectivity index (χ3v) is 2.82. The standard InChI is InChI=1S/C8H6O7S/c1-2-12-4-3(9)5-6(13-5)8-7(4)14-16(10,11)15-8/h9H,2H2,1H3. The minimum absolute atomic E-state index is 0.0729. The predicted molar refractivity (Wildman–Crippen MR) is 49.5 cm³/mol. The average molecular weight is 246 g/mol. The zero-order valence-corrected chi connectivity index (χ0v) is 8.83. The van der Waals surface area contributed by atoms with Crippen molar-refractivity contribution < 1.29 is 31.4 Å². The van der Waals surface area contributed by atoms with Gasteiger partial charge in [0.15, 0.2) is 0 Å². The lowest BCUT2D eigenvalue weighted by molar-refractivity contribution is 0.308. The number of fused-ring (bicyclic) bond motifs is 3. The van der Waals surface area contributed by atoms with Crippen LogP contribution in [-0.4, -0.2) is 20.1 Å². The molecule has 0 aromatic heterocycles. The van der Waals surface area contributed by atoms with Gasteiger partial charge in [0.2, 0.25) is 34.5 Å². The molecule has 0 spiro atoms. The third kappa shape index (κ3) is 1.10. The summed E-state index contributed by atoms with van der Waals surface area (Å²) in [7, 11) is -4.12. The lowest BCUT2D eigenvalue weighted by atomic mass is 10.3. The van der Waals surface area contributed by atoms with Crippen molar-refractivity contribution in [2.45, 2.75) is 6.92 Å². The quantitative estimate of drug-likeness (QED) is 0.787. The molecule has 7 nitrogen and oxygen atoms in total. The number of aromatic hydroxyl groups is 1. The van der Waals surface area contributed by atoms with Crippen LogP contribution < -0.4 is 17.8 Å². The highest BCUT2D eigenvalue weighted by atomic mass is 32.3. The van der Waals surface area contributed by atoms with Gasteiger partial charge in [-0.2, -0.15) is 0 Å². The van der Waals surface area contributed by atoms with E-state index in [9.17, 15) is 13.5 Å². The van der Waals surface area contributed by atoms with Gasteiger partial charge in [-0.25, -0.2) is 0 Å². The van der Waals surface area contributed by atoms with E-state index in [1.165, 1.54) is 0 Å². The molecule has 0 radical (unpaired) electrons. The van der Waals surface area contributed by atoms with Gasteiger partial charge in [-0.15, -0.1) is 8.42 Å². The van der Waals surface area contributed by atoms with Crippen molar-refractivity contribution in [3.05, 3.63) is 0 Å². The minimum atomic E-state index is -4.12. The fourth-order valence-corrected chi connectivity index (χ4v) is 2.19. The summed E-state index contributed by atoms with van der Waals surface area (Å²) in [5, 5.41) is 9.63. The molecule has 1 aromatic carbocycles. The third-order valence-electron chi connectivity index (χ3n) is 2.08. The van der Waals surface area contributed by atoms with Crippen LogP contribution in [0.15, 0.2) is 0 Å². The molecule has 2 aliphatic rings. The molecule has 0 unspecified atom stereocenters. The van der Waals surface area contributed by atoms with Crippen molar-refractivity contribution in [2.24, 2.45) is 0 Å². The fourth-order valence-electron chi connectivity index (χ4n) is 1.45. The van der Waals surface area contributed by atoms with Crippen LogP contribution in [0.25, 0.3) is 0 Å². The molecule has 3 rings (SSSR count). The molecule has 1 aromatic rings. The van der Waals surface area contributed by atoms with E-state index in [1.54, 1.807) is 6.92 Å². The van der Waals surface area contributed by atoms with E-state index in [0.717, 1.165) is 0 Å². The maximum Gasteiger partial charge on any atom is 0.501 e. The van der Waals surface area contributed by atoms with Gasteiger partial charge in [0, 0.05) is 0 Å². The van der Waals surface area contributed by atoms with Crippen molar-refractivity contribution in [2.75, 3.05) is 6.61 Å². The maximum absolute atomic E-state index is 11.1. The number of hydrogen-bond donors (Lipinski definition) is 1. The van der Waals surface area contributed by atoms with Crippen molar-refractivity contribution in [3.8, 4) is 34.5 Å². The van der Waals surface area contributed by atoms with Gasteiger partial charge in [-0.05, 0) is 6.92 Å². The minimum Gasteiger partial charge on any atom is -0.501 e. The van der Waals surface area contributed by atoms with Crippen LogP contribution >= 0.6 is 0 Å². The van der Waals surface area contributed by atoms with Crippen molar-refractivity contribution in [1.82, 2.24) is 0 Å². The summed E-state index contributed by atoms with van der Waals surface area (Å²) in [6.45, 7) is 1.92. The van der Waals surface area contributed by atoms with E-state index >= 15 is 0 Å². The molecule has 1 N–H and O–H groups in total. The Bertz CT molecular complexity index is 589.